The molecule has 100 valence electrons. The number of ether oxygens (including phenoxy) is 2. The molecule has 0 aromatic heterocycles. The molecule has 0 heterocycles. The molecule has 0 fully saturated rings. The lowest BCUT2D eigenvalue weighted by atomic mass is 10.1. The summed E-state index contributed by atoms with van der Waals surface area (Å²) in [5.41, 5.74) is 0.517. The Morgan fingerprint density at radius 1 is 1.39 bits per heavy atom. The molecule has 7 heteroatoms. The van der Waals surface area contributed by atoms with Crippen molar-refractivity contribution in [3.63, 3.8) is 0 Å². The van der Waals surface area contributed by atoms with Gasteiger partial charge in [-0.15, -0.1) is 0 Å². The number of methoxy groups -OCH3 is 1. The molecular formula is C11H10BrF3O3. The van der Waals surface area contributed by atoms with Gasteiger partial charge in [0, 0.05) is 4.47 Å². The lowest BCUT2D eigenvalue weighted by Crippen LogP contribution is -2.17. The maximum atomic E-state index is 11.9. The van der Waals surface area contributed by atoms with Crippen LogP contribution in [-0.4, -0.2) is 25.9 Å². The van der Waals surface area contributed by atoms with Crippen LogP contribution < -0.4 is 0 Å². The summed E-state index contributed by atoms with van der Waals surface area (Å²) in [5.74, 6) is -0.617. The number of alkyl halides is 3. The van der Waals surface area contributed by atoms with Gasteiger partial charge in [-0.3, -0.25) is 0 Å². The van der Waals surface area contributed by atoms with E-state index in [-0.39, 0.29) is 12.2 Å². The van der Waals surface area contributed by atoms with Gasteiger partial charge in [0.2, 0.25) is 0 Å². The van der Waals surface area contributed by atoms with Crippen LogP contribution in [0.1, 0.15) is 15.9 Å². The van der Waals surface area contributed by atoms with E-state index in [2.05, 4.69) is 25.4 Å². The molecule has 0 radical (unpaired) electrons. The van der Waals surface area contributed by atoms with Crippen molar-refractivity contribution < 1.29 is 27.4 Å². The Hall–Kier alpha value is -1.08. The van der Waals surface area contributed by atoms with Crippen molar-refractivity contribution in [2.75, 3.05) is 13.7 Å². The molecule has 0 aliphatic heterocycles. The molecule has 0 N–H and O–H groups in total. The predicted octanol–water partition coefficient (Wildman–Crippen LogP) is 3.31. The molecule has 1 aromatic carbocycles. The van der Waals surface area contributed by atoms with Crippen molar-refractivity contribution in [2.24, 2.45) is 0 Å². The first kappa shape index (κ1) is 15.0. The standard InChI is InChI=1S/C11H10BrF3O3/c1-17-10(16)9-3-2-8(12)4-7(9)5-18-6-11(13,14)15/h2-4H,5-6H2,1H3. The van der Waals surface area contributed by atoms with E-state index in [9.17, 15) is 18.0 Å². The number of rotatable bonds is 4. The van der Waals surface area contributed by atoms with Crippen molar-refractivity contribution in [3.8, 4) is 0 Å². The van der Waals surface area contributed by atoms with E-state index in [4.69, 9.17) is 0 Å². The summed E-state index contributed by atoms with van der Waals surface area (Å²) in [5, 5.41) is 0. The number of carbonyl (C=O) groups excluding carboxylic acids is 1. The summed E-state index contributed by atoms with van der Waals surface area (Å²) >= 11 is 3.17. The second-order valence-electron chi connectivity index (χ2n) is 3.40. The molecule has 0 atom stereocenters. The maximum absolute atomic E-state index is 11.9. The zero-order valence-electron chi connectivity index (χ0n) is 9.38. The molecule has 0 aliphatic rings. The van der Waals surface area contributed by atoms with Crippen LogP contribution in [0.4, 0.5) is 13.2 Å². The normalized spacial score (nSPS) is 11.4. The Labute approximate surface area is 110 Å². The fraction of sp³-hybridized carbons (Fsp3) is 0.364. The quantitative estimate of drug-likeness (QED) is 0.796. The number of benzene rings is 1. The van der Waals surface area contributed by atoms with Crippen LogP contribution in [0, 0.1) is 0 Å². The van der Waals surface area contributed by atoms with Gasteiger partial charge in [-0.05, 0) is 23.8 Å². The van der Waals surface area contributed by atoms with Crippen LogP contribution in [-0.2, 0) is 16.1 Å². The van der Waals surface area contributed by atoms with Gasteiger partial charge >= 0.3 is 12.1 Å². The van der Waals surface area contributed by atoms with Crippen molar-refractivity contribution in [1.29, 1.82) is 0 Å². The van der Waals surface area contributed by atoms with E-state index in [0.29, 0.717) is 10.0 Å². The summed E-state index contributed by atoms with van der Waals surface area (Å²) in [6, 6.07) is 4.57. The van der Waals surface area contributed by atoms with E-state index in [1.807, 2.05) is 0 Å². The number of halogens is 4. The molecule has 0 aliphatic carbocycles. The van der Waals surface area contributed by atoms with Crippen molar-refractivity contribution >= 4 is 21.9 Å². The van der Waals surface area contributed by atoms with Gasteiger partial charge in [0.25, 0.3) is 0 Å². The highest BCUT2D eigenvalue weighted by atomic mass is 79.9. The Balaban J connectivity index is 2.80. The summed E-state index contributed by atoms with van der Waals surface area (Å²) in [6.07, 6.45) is -4.39. The minimum absolute atomic E-state index is 0.183. The second-order valence-corrected chi connectivity index (χ2v) is 4.32. The lowest BCUT2D eigenvalue weighted by molar-refractivity contribution is -0.176. The summed E-state index contributed by atoms with van der Waals surface area (Å²) in [7, 11) is 1.20. The highest BCUT2D eigenvalue weighted by Crippen LogP contribution is 2.20. The Bertz CT molecular complexity index is 432. The molecule has 3 nitrogen and oxygen atoms in total. The zero-order valence-corrected chi connectivity index (χ0v) is 11.0. The second kappa shape index (κ2) is 6.19. The number of esters is 1. The van der Waals surface area contributed by atoms with E-state index in [1.165, 1.54) is 19.2 Å². The monoisotopic (exact) mass is 326 g/mol. The first-order valence-electron chi connectivity index (χ1n) is 4.84. The molecule has 0 unspecified atom stereocenters. The zero-order chi connectivity index (χ0) is 13.8. The van der Waals surface area contributed by atoms with Crippen LogP contribution >= 0.6 is 15.9 Å². The van der Waals surface area contributed by atoms with E-state index in [0.717, 1.165) is 0 Å². The van der Waals surface area contributed by atoms with Crippen LogP contribution in [0.15, 0.2) is 22.7 Å². The van der Waals surface area contributed by atoms with Crippen molar-refractivity contribution in [1.82, 2.24) is 0 Å². The van der Waals surface area contributed by atoms with Gasteiger partial charge < -0.3 is 9.47 Å². The Morgan fingerprint density at radius 2 is 2.06 bits per heavy atom. The molecule has 0 spiro atoms. The maximum Gasteiger partial charge on any atom is 0.411 e. The Morgan fingerprint density at radius 3 is 2.61 bits per heavy atom. The molecule has 0 bridgehead atoms. The summed E-state index contributed by atoms with van der Waals surface area (Å²) in [4.78, 5) is 11.4. The van der Waals surface area contributed by atoms with Gasteiger partial charge in [-0.25, -0.2) is 4.79 Å². The van der Waals surface area contributed by atoms with E-state index in [1.54, 1.807) is 6.07 Å². The number of hydrogen-bond acceptors (Lipinski definition) is 3. The van der Waals surface area contributed by atoms with E-state index >= 15 is 0 Å². The van der Waals surface area contributed by atoms with Gasteiger partial charge in [0.15, 0.2) is 0 Å². The van der Waals surface area contributed by atoms with Gasteiger partial charge in [0.1, 0.15) is 6.61 Å². The van der Waals surface area contributed by atoms with Gasteiger partial charge in [-0.2, -0.15) is 13.2 Å². The molecule has 0 saturated heterocycles. The minimum Gasteiger partial charge on any atom is -0.465 e. The largest absolute Gasteiger partial charge is 0.465 e. The van der Waals surface area contributed by atoms with Gasteiger partial charge in [-0.1, -0.05) is 15.9 Å². The van der Waals surface area contributed by atoms with Crippen molar-refractivity contribution in [2.45, 2.75) is 12.8 Å². The van der Waals surface area contributed by atoms with Crippen LogP contribution in [0.5, 0.6) is 0 Å². The van der Waals surface area contributed by atoms with Crippen LogP contribution in [0.25, 0.3) is 0 Å². The molecule has 0 saturated carbocycles. The predicted molar refractivity (Wildman–Crippen MR) is 61.2 cm³/mol. The minimum atomic E-state index is -4.39. The third-order valence-electron chi connectivity index (χ3n) is 2.00. The summed E-state index contributed by atoms with van der Waals surface area (Å²) in [6.45, 7) is -1.68. The average molecular weight is 327 g/mol. The van der Waals surface area contributed by atoms with Crippen molar-refractivity contribution in [3.05, 3.63) is 33.8 Å². The molecule has 0 amide bonds. The Kier molecular flexibility index (Phi) is 5.15. The molecular weight excluding hydrogens is 317 g/mol. The number of hydrogen-bond donors (Lipinski definition) is 0. The third kappa shape index (κ3) is 4.66. The van der Waals surface area contributed by atoms with Crippen LogP contribution in [0.3, 0.4) is 0 Å². The fourth-order valence-corrected chi connectivity index (χ4v) is 1.68. The van der Waals surface area contributed by atoms with Crippen LogP contribution in [0.2, 0.25) is 0 Å². The van der Waals surface area contributed by atoms with E-state index < -0.39 is 18.8 Å². The topological polar surface area (TPSA) is 35.5 Å². The first-order valence-corrected chi connectivity index (χ1v) is 5.64. The molecule has 1 rings (SSSR count). The summed E-state index contributed by atoms with van der Waals surface area (Å²) < 4.78 is 45.5. The smallest absolute Gasteiger partial charge is 0.411 e. The number of carbonyl (C=O) groups is 1. The SMILES string of the molecule is COC(=O)c1ccc(Br)cc1COCC(F)(F)F. The highest BCUT2D eigenvalue weighted by molar-refractivity contribution is 9.10. The lowest BCUT2D eigenvalue weighted by Gasteiger charge is -2.10. The third-order valence-corrected chi connectivity index (χ3v) is 2.49. The molecule has 18 heavy (non-hydrogen) atoms. The first-order chi connectivity index (χ1) is 8.33. The fourth-order valence-electron chi connectivity index (χ4n) is 1.27. The molecule has 1 aromatic rings. The van der Waals surface area contributed by atoms with Gasteiger partial charge in [0.05, 0.1) is 19.3 Å². The average Bonchev–Trinajstić information content (AvgIpc) is 2.26. The highest BCUT2D eigenvalue weighted by Gasteiger charge is 2.27.